The molecular formula is C19H25NO4S. The number of hydrogen-bond acceptors (Lipinski definition) is 4. The molecule has 1 aromatic heterocycles. The van der Waals surface area contributed by atoms with Crippen molar-refractivity contribution in [3.63, 3.8) is 0 Å². The lowest BCUT2D eigenvalue weighted by Gasteiger charge is -2.35. The van der Waals surface area contributed by atoms with Crippen molar-refractivity contribution in [1.82, 2.24) is 4.90 Å². The summed E-state index contributed by atoms with van der Waals surface area (Å²) in [6.07, 6.45) is 6.80. The highest BCUT2D eigenvalue weighted by Gasteiger charge is 2.41. The number of piperidine rings is 1. The van der Waals surface area contributed by atoms with Crippen LogP contribution in [0, 0.1) is 11.8 Å². The summed E-state index contributed by atoms with van der Waals surface area (Å²) in [5.41, 5.74) is 1.37. The highest BCUT2D eigenvalue weighted by atomic mass is 32.1. The first-order valence-corrected chi connectivity index (χ1v) is 10.2. The maximum atomic E-state index is 12.8. The first kappa shape index (κ1) is 17.0. The van der Waals surface area contributed by atoms with E-state index in [1.165, 1.54) is 23.3 Å². The summed E-state index contributed by atoms with van der Waals surface area (Å²) >= 11 is 1.67. The largest absolute Gasteiger partial charge is 0.481 e. The van der Waals surface area contributed by atoms with Gasteiger partial charge in [0.1, 0.15) is 0 Å². The fraction of sp³-hybridized carbons (Fsp3) is 0.684. The van der Waals surface area contributed by atoms with E-state index in [9.17, 15) is 14.7 Å². The Labute approximate surface area is 152 Å². The van der Waals surface area contributed by atoms with Crippen LogP contribution in [0.4, 0.5) is 0 Å². The number of thiophene rings is 1. The Morgan fingerprint density at radius 2 is 1.92 bits per heavy atom. The van der Waals surface area contributed by atoms with Crippen LogP contribution in [0.25, 0.3) is 0 Å². The number of aryl methyl sites for hydroxylation is 2. The van der Waals surface area contributed by atoms with E-state index in [0.29, 0.717) is 26.1 Å². The van der Waals surface area contributed by atoms with Gasteiger partial charge in [-0.1, -0.05) is 0 Å². The molecule has 0 aromatic carbocycles. The molecule has 1 N–H and O–H groups in total. The molecule has 0 bridgehead atoms. The van der Waals surface area contributed by atoms with E-state index in [1.807, 2.05) is 4.90 Å². The average molecular weight is 363 g/mol. The van der Waals surface area contributed by atoms with Crippen LogP contribution in [0.3, 0.4) is 0 Å². The Hall–Kier alpha value is -1.40. The second kappa shape index (κ2) is 7.08. The van der Waals surface area contributed by atoms with Crippen molar-refractivity contribution >= 4 is 23.2 Å². The summed E-state index contributed by atoms with van der Waals surface area (Å²) in [6.45, 7) is 1.96. The van der Waals surface area contributed by atoms with Crippen LogP contribution < -0.4 is 0 Å². The van der Waals surface area contributed by atoms with Crippen LogP contribution in [0.5, 0.6) is 0 Å². The minimum atomic E-state index is -0.745. The Bertz CT molecular complexity index is 639. The van der Waals surface area contributed by atoms with Gasteiger partial charge in [-0.05, 0) is 62.5 Å². The summed E-state index contributed by atoms with van der Waals surface area (Å²) in [5.74, 6) is -0.717. The third-order valence-electron chi connectivity index (χ3n) is 5.95. The molecule has 0 radical (unpaired) electrons. The van der Waals surface area contributed by atoms with Gasteiger partial charge in [0.05, 0.1) is 16.9 Å². The summed E-state index contributed by atoms with van der Waals surface area (Å²) in [6, 6.07) is 2.11. The van der Waals surface area contributed by atoms with Crippen LogP contribution in [0.1, 0.15) is 52.2 Å². The molecule has 1 amide bonds. The second-order valence-electron chi connectivity index (χ2n) is 7.46. The number of carbonyl (C=O) groups is 2. The van der Waals surface area contributed by atoms with Crippen molar-refractivity contribution in [3.8, 4) is 0 Å². The predicted molar refractivity (Wildman–Crippen MR) is 95.1 cm³/mol. The average Bonchev–Trinajstić information content (AvgIpc) is 3.28. The molecule has 0 saturated carbocycles. The Balaban J connectivity index is 1.37. The zero-order valence-corrected chi connectivity index (χ0v) is 15.2. The van der Waals surface area contributed by atoms with E-state index in [1.54, 1.807) is 11.3 Å². The molecule has 2 atom stereocenters. The lowest BCUT2D eigenvalue weighted by molar-refractivity contribution is -0.145. The number of carboxylic acid groups (broad SMARTS) is 1. The molecule has 4 rings (SSSR count). The van der Waals surface area contributed by atoms with Crippen molar-refractivity contribution in [3.05, 3.63) is 21.4 Å². The normalized spacial score (nSPS) is 27.3. The van der Waals surface area contributed by atoms with E-state index in [4.69, 9.17) is 4.74 Å². The molecule has 6 heteroatoms. The minimum Gasteiger partial charge on any atom is -0.481 e. The second-order valence-corrected chi connectivity index (χ2v) is 8.60. The molecule has 1 unspecified atom stereocenters. The highest BCUT2D eigenvalue weighted by molar-refractivity contribution is 7.14. The Morgan fingerprint density at radius 3 is 2.64 bits per heavy atom. The van der Waals surface area contributed by atoms with Gasteiger partial charge >= 0.3 is 5.97 Å². The smallest absolute Gasteiger partial charge is 0.309 e. The summed E-state index contributed by atoms with van der Waals surface area (Å²) in [4.78, 5) is 28.4. The lowest BCUT2D eigenvalue weighted by atomic mass is 9.84. The fourth-order valence-corrected chi connectivity index (χ4v) is 5.74. The number of ether oxygens (including phenoxy) is 1. The number of aliphatic carboxylic acids is 1. The summed E-state index contributed by atoms with van der Waals surface area (Å²) < 4.78 is 5.72. The molecule has 2 saturated heterocycles. The summed E-state index contributed by atoms with van der Waals surface area (Å²) in [5, 5.41) is 9.34. The van der Waals surface area contributed by atoms with Crippen molar-refractivity contribution in [2.75, 3.05) is 19.7 Å². The van der Waals surface area contributed by atoms with Gasteiger partial charge in [0.15, 0.2) is 0 Å². The zero-order valence-electron chi connectivity index (χ0n) is 14.4. The quantitative estimate of drug-likeness (QED) is 0.897. The van der Waals surface area contributed by atoms with Gasteiger partial charge in [0.2, 0.25) is 0 Å². The number of carboxylic acids is 1. The van der Waals surface area contributed by atoms with E-state index in [-0.39, 0.29) is 23.8 Å². The number of hydrogen-bond donors (Lipinski definition) is 1. The SMILES string of the molecule is O=C(O)C1CCO[C@H]1C1CCN(C(=O)c2cc3c(s2)CCCC3)CC1. The first-order chi connectivity index (χ1) is 12.1. The van der Waals surface area contributed by atoms with Gasteiger partial charge in [-0.25, -0.2) is 0 Å². The van der Waals surface area contributed by atoms with Gasteiger partial charge in [0, 0.05) is 24.6 Å². The van der Waals surface area contributed by atoms with E-state index >= 15 is 0 Å². The van der Waals surface area contributed by atoms with Crippen molar-refractivity contribution in [2.45, 2.75) is 51.0 Å². The molecule has 136 valence electrons. The predicted octanol–water partition coefficient (Wildman–Crippen LogP) is 2.97. The molecule has 1 aromatic rings. The molecule has 3 heterocycles. The van der Waals surface area contributed by atoms with E-state index in [0.717, 1.165) is 30.6 Å². The Kier molecular flexibility index (Phi) is 4.82. The standard InChI is InChI=1S/C19H25NO4S/c21-18(16-11-13-3-1-2-4-15(13)25-16)20-8-5-12(6-9-20)17-14(19(22)23)7-10-24-17/h11-12,14,17H,1-10H2,(H,22,23)/t14?,17-/m0/s1. The van der Waals surface area contributed by atoms with Crippen LogP contribution in [0.15, 0.2) is 6.07 Å². The molecule has 25 heavy (non-hydrogen) atoms. The Morgan fingerprint density at radius 1 is 1.16 bits per heavy atom. The van der Waals surface area contributed by atoms with Gasteiger partial charge in [-0.15, -0.1) is 11.3 Å². The maximum absolute atomic E-state index is 12.8. The van der Waals surface area contributed by atoms with Crippen LogP contribution in [-0.2, 0) is 22.4 Å². The molecule has 5 nitrogen and oxygen atoms in total. The molecule has 3 aliphatic rings. The van der Waals surface area contributed by atoms with E-state index in [2.05, 4.69) is 6.07 Å². The first-order valence-electron chi connectivity index (χ1n) is 9.39. The number of fused-ring (bicyclic) bond motifs is 1. The zero-order chi connectivity index (χ0) is 17.4. The van der Waals surface area contributed by atoms with Crippen LogP contribution in [0.2, 0.25) is 0 Å². The van der Waals surface area contributed by atoms with Gasteiger partial charge < -0.3 is 14.7 Å². The topological polar surface area (TPSA) is 66.8 Å². The number of nitrogens with zero attached hydrogens (tertiary/aromatic N) is 1. The fourth-order valence-electron chi connectivity index (χ4n) is 4.52. The molecule has 2 aliphatic heterocycles. The molecule has 0 spiro atoms. The number of rotatable bonds is 3. The monoisotopic (exact) mass is 363 g/mol. The number of amides is 1. The van der Waals surface area contributed by atoms with E-state index < -0.39 is 5.97 Å². The molecular weight excluding hydrogens is 338 g/mol. The molecule has 2 fully saturated rings. The third-order valence-corrected chi connectivity index (χ3v) is 7.18. The number of carbonyl (C=O) groups excluding carboxylic acids is 1. The maximum Gasteiger partial charge on any atom is 0.309 e. The number of likely N-dealkylation sites (tertiary alicyclic amines) is 1. The van der Waals surface area contributed by atoms with Crippen molar-refractivity contribution in [2.24, 2.45) is 11.8 Å². The molecule has 1 aliphatic carbocycles. The van der Waals surface area contributed by atoms with Gasteiger partial charge in [0.25, 0.3) is 5.91 Å². The van der Waals surface area contributed by atoms with Gasteiger partial charge in [-0.2, -0.15) is 0 Å². The van der Waals surface area contributed by atoms with Crippen LogP contribution in [-0.4, -0.2) is 47.7 Å². The lowest BCUT2D eigenvalue weighted by Crippen LogP contribution is -2.43. The summed E-state index contributed by atoms with van der Waals surface area (Å²) in [7, 11) is 0. The van der Waals surface area contributed by atoms with Crippen molar-refractivity contribution in [1.29, 1.82) is 0 Å². The van der Waals surface area contributed by atoms with Crippen molar-refractivity contribution < 1.29 is 19.4 Å². The van der Waals surface area contributed by atoms with Crippen LogP contribution >= 0.6 is 11.3 Å². The third kappa shape index (κ3) is 3.34. The van der Waals surface area contributed by atoms with Gasteiger partial charge in [-0.3, -0.25) is 9.59 Å². The highest BCUT2D eigenvalue weighted by Crippen LogP contribution is 2.35. The minimum absolute atomic E-state index is 0.153.